The minimum absolute atomic E-state index is 0.158. The maximum atomic E-state index is 13.1. The molecule has 172 valence electrons. The Balaban J connectivity index is 1.60. The Labute approximate surface area is 221 Å². The predicted octanol–water partition coefficient (Wildman–Crippen LogP) is 6.53. The lowest BCUT2D eigenvalue weighted by molar-refractivity contribution is -0.122. The Hall–Kier alpha value is -2.75. The smallest absolute Gasteiger partial charge is 0.335 e. The molecular weight excluding hydrogens is 632 g/mol. The van der Waals surface area contributed by atoms with Gasteiger partial charge in [-0.05, 0) is 92.4 Å². The van der Waals surface area contributed by atoms with Gasteiger partial charge in [0, 0.05) is 4.47 Å². The molecule has 6 nitrogen and oxygen atoms in total. The summed E-state index contributed by atoms with van der Waals surface area (Å²) in [7, 11) is 0. The molecule has 3 aromatic rings. The van der Waals surface area contributed by atoms with Crippen LogP contribution in [0.3, 0.4) is 0 Å². The van der Waals surface area contributed by atoms with E-state index in [4.69, 9.17) is 4.74 Å². The SMILES string of the molecule is Cc1cccc(COc2c(Br)cc(/C=C3\C(=O)NC(=O)N(c4ccc(Br)cc4)C3=O)cc2Br)c1. The van der Waals surface area contributed by atoms with Gasteiger partial charge in [-0.2, -0.15) is 0 Å². The summed E-state index contributed by atoms with van der Waals surface area (Å²) in [4.78, 5) is 38.8. The van der Waals surface area contributed by atoms with Crippen molar-refractivity contribution < 1.29 is 19.1 Å². The van der Waals surface area contributed by atoms with Gasteiger partial charge in [0.1, 0.15) is 17.9 Å². The quantitative estimate of drug-likeness (QED) is 0.252. The Bertz CT molecular complexity index is 1310. The van der Waals surface area contributed by atoms with Crippen molar-refractivity contribution in [3.05, 3.63) is 96.3 Å². The summed E-state index contributed by atoms with van der Waals surface area (Å²) in [5.74, 6) is -0.867. The third kappa shape index (κ3) is 5.32. The number of urea groups is 1. The molecule has 1 saturated heterocycles. The molecule has 1 aliphatic heterocycles. The van der Waals surface area contributed by atoms with E-state index in [2.05, 4.69) is 53.1 Å². The second-order valence-electron chi connectivity index (χ2n) is 7.53. The summed E-state index contributed by atoms with van der Waals surface area (Å²) < 4.78 is 8.06. The summed E-state index contributed by atoms with van der Waals surface area (Å²) in [5, 5.41) is 2.23. The summed E-state index contributed by atoms with van der Waals surface area (Å²) in [6.45, 7) is 2.40. The van der Waals surface area contributed by atoms with Crippen molar-refractivity contribution >= 4 is 77.4 Å². The van der Waals surface area contributed by atoms with Crippen LogP contribution >= 0.6 is 47.8 Å². The number of barbiturate groups is 1. The van der Waals surface area contributed by atoms with Gasteiger partial charge >= 0.3 is 6.03 Å². The van der Waals surface area contributed by atoms with Crippen molar-refractivity contribution in [1.29, 1.82) is 0 Å². The molecule has 3 aromatic carbocycles. The Morgan fingerprint density at radius 3 is 2.26 bits per heavy atom. The number of hydrogen-bond donors (Lipinski definition) is 1. The van der Waals surface area contributed by atoms with E-state index in [0.29, 0.717) is 32.6 Å². The van der Waals surface area contributed by atoms with Crippen molar-refractivity contribution in [3.63, 3.8) is 0 Å². The molecule has 0 aromatic heterocycles. The number of aryl methyl sites for hydroxylation is 1. The number of carbonyl (C=O) groups excluding carboxylic acids is 3. The van der Waals surface area contributed by atoms with Crippen molar-refractivity contribution in [1.82, 2.24) is 5.32 Å². The van der Waals surface area contributed by atoms with Gasteiger partial charge in [0.2, 0.25) is 0 Å². The van der Waals surface area contributed by atoms with Gasteiger partial charge < -0.3 is 4.74 Å². The van der Waals surface area contributed by atoms with Gasteiger partial charge in [-0.25, -0.2) is 9.69 Å². The van der Waals surface area contributed by atoms with Gasteiger partial charge in [0.05, 0.1) is 14.6 Å². The number of ether oxygens (including phenoxy) is 1. The molecule has 1 heterocycles. The highest BCUT2D eigenvalue weighted by Gasteiger charge is 2.36. The van der Waals surface area contributed by atoms with E-state index < -0.39 is 17.8 Å². The van der Waals surface area contributed by atoms with Crippen LogP contribution in [0.2, 0.25) is 0 Å². The second kappa shape index (κ2) is 10.2. The number of nitrogens with one attached hydrogen (secondary N) is 1. The normalized spacial score (nSPS) is 15.0. The average molecular weight is 649 g/mol. The lowest BCUT2D eigenvalue weighted by Crippen LogP contribution is -2.54. The summed E-state index contributed by atoms with van der Waals surface area (Å²) in [6.07, 6.45) is 1.44. The van der Waals surface area contributed by atoms with E-state index in [9.17, 15) is 14.4 Å². The van der Waals surface area contributed by atoms with Crippen LogP contribution in [0.5, 0.6) is 5.75 Å². The highest BCUT2D eigenvalue weighted by atomic mass is 79.9. The summed E-state index contributed by atoms with van der Waals surface area (Å²) in [6, 6.07) is 17.4. The summed E-state index contributed by atoms with van der Waals surface area (Å²) in [5.41, 5.74) is 2.95. The molecule has 9 heteroatoms. The molecule has 4 amide bonds. The molecule has 0 bridgehead atoms. The molecule has 1 fully saturated rings. The van der Waals surface area contributed by atoms with Crippen molar-refractivity contribution in [3.8, 4) is 5.75 Å². The maximum absolute atomic E-state index is 13.1. The molecule has 0 aliphatic carbocycles. The molecule has 0 saturated carbocycles. The molecular formula is C25H17Br3N2O4. The first kappa shape index (κ1) is 24.4. The van der Waals surface area contributed by atoms with Gasteiger partial charge in [-0.1, -0.05) is 45.8 Å². The minimum Gasteiger partial charge on any atom is -0.487 e. The monoisotopic (exact) mass is 646 g/mol. The lowest BCUT2D eigenvalue weighted by atomic mass is 10.1. The Morgan fingerprint density at radius 1 is 0.941 bits per heavy atom. The fourth-order valence-electron chi connectivity index (χ4n) is 3.41. The van der Waals surface area contributed by atoms with Gasteiger partial charge in [0.25, 0.3) is 11.8 Å². The molecule has 0 unspecified atom stereocenters. The average Bonchev–Trinajstić information content (AvgIpc) is 2.77. The van der Waals surface area contributed by atoms with Crippen LogP contribution in [0.4, 0.5) is 10.5 Å². The van der Waals surface area contributed by atoms with E-state index >= 15 is 0 Å². The number of benzene rings is 3. The first-order valence-electron chi connectivity index (χ1n) is 10.1. The Kier molecular flexibility index (Phi) is 7.35. The highest BCUT2D eigenvalue weighted by Crippen LogP contribution is 2.36. The number of carbonyl (C=O) groups is 3. The number of rotatable bonds is 5. The first-order chi connectivity index (χ1) is 16.2. The molecule has 4 rings (SSSR count). The fourth-order valence-corrected chi connectivity index (χ4v) is 5.12. The van der Waals surface area contributed by atoms with Crippen LogP contribution < -0.4 is 15.0 Å². The van der Waals surface area contributed by atoms with E-state index in [1.807, 2.05) is 31.2 Å². The highest BCUT2D eigenvalue weighted by molar-refractivity contribution is 9.11. The van der Waals surface area contributed by atoms with Gasteiger partial charge in [-0.15, -0.1) is 0 Å². The standard InChI is InChI=1S/C25H17Br3N2O4/c1-14-3-2-4-15(9-14)13-34-22-20(27)11-16(12-21(22)28)10-19-23(31)29-25(33)30(24(19)32)18-7-5-17(26)6-8-18/h2-12H,13H2,1H3,(H,29,31,33)/b19-10+. The number of nitrogens with zero attached hydrogens (tertiary/aromatic N) is 1. The minimum atomic E-state index is -0.795. The third-order valence-electron chi connectivity index (χ3n) is 4.98. The van der Waals surface area contributed by atoms with Crippen molar-refractivity contribution in [2.45, 2.75) is 13.5 Å². The zero-order valence-electron chi connectivity index (χ0n) is 17.8. The molecule has 0 spiro atoms. The third-order valence-corrected chi connectivity index (χ3v) is 6.69. The van der Waals surface area contributed by atoms with Crippen LogP contribution in [-0.2, 0) is 16.2 Å². The second-order valence-corrected chi connectivity index (χ2v) is 10.2. The van der Waals surface area contributed by atoms with E-state index in [-0.39, 0.29) is 5.57 Å². The molecule has 34 heavy (non-hydrogen) atoms. The largest absolute Gasteiger partial charge is 0.487 e. The van der Waals surface area contributed by atoms with Crippen LogP contribution in [0.15, 0.2) is 79.7 Å². The molecule has 0 radical (unpaired) electrons. The molecule has 1 aliphatic rings. The molecule has 1 N–H and O–H groups in total. The fraction of sp³-hybridized carbons (Fsp3) is 0.0800. The number of imide groups is 2. The summed E-state index contributed by atoms with van der Waals surface area (Å²) >= 11 is 10.3. The van der Waals surface area contributed by atoms with E-state index in [1.54, 1.807) is 36.4 Å². The van der Waals surface area contributed by atoms with Crippen LogP contribution in [0, 0.1) is 6.92 Å². The zero-order chi connectivity index (χ0) is 24.4. The van der Waals surface area contributed by atoms with Crippen LogP contribution in [0.1, 0.15) is 16.7 Å². The topological polar surface area (TPSA) is 75.7 Å². The van der Waals surface area contributed by atoms with E-state index in [1.165, 1.54) is 6.08 Å². The number of halogens is 3. The number of anilines is 1. The number of amides is 4. The van der Waals surface area contributed by atoms with Gasteiger partial charge in [-0.3, -0.25) is 14.9 Å². The molecule has 0 atom stereocenters. The maximum Gasteiger partial charge on any atom is 0.335 e. The van der Waals surface area contributed by atoms with Crippen LogP contribution in [-0.4, -0.2) is 17.8 Å². The van der Waals surface area contributed by atoms with Gasteiger partial charge in [0.15, 0.2) is 0 Å². The predicted molar refractivity (Wildman–Crippen MR) is 140 cm³/mol. The number of hydrogen-bond acceptors (Lipinski definition) is 4. The first-order valence-corrected chi connectivity index (χ1v) is 12.5. The Morgan fingerprint density at radius 2 is 1.62 bits per heavy atom. The zero-order valence-corrected chi connectivity index (χ0v) is 22.5. The van der Waals surface area contributed by atoms with Crippen molar-refractivity contribution in [2.75, 3.05) is 4.90 Å². The van der Waals surface area contributed by atoms with E-state index in [0.717, 1.165) is 20.5 Å². The lowest BCUT2D eigenvalue weighted by Gasteiger charge is -2.26. The van der Waals surface area contributed by atoms with Crippen molar-refractivity contribution in [2.24, 2.45) is 0 Å². The van der Waals surface area contributed by atoms with Crippen LogP contribution in [0.25, 0.3) is 6.08 Å².